The molecule has 0 bridgehead atoms. The Morgan fingerprint density at radius 2 is 2.03 bits per heavy atom. The van der Waals surface area contributed by atoms with Crippen molar-refractivity contribution in [2.45, 2.75) is 46.3 Å². The van der Waals surface area contributed by atoms with Crippen LogP contribution in [0, 0.1) is 5.82 Å². The second-order valence-corrected chi connectivity index (χ2v) is 9.80. The van der Waals surface area contributed by atoms with Gasteiger partial charge in [-0.1, -0.05) is 11.2 Å². The lowest BCUT2D eigenvalue weighted by Crippen LogP contribution is -2.38. The van der Waals surface area contributed by atoms with Crippen molar-refractivity contribution in [3.05, 3.63) is 44.6 Å². The van der Waals surface area contributed by atoms with Gasteiger partial charge < -0.3 is 9.47 Å². The first-order valence-corrected chi connectivity index (χ1v) is 11.6. The van der Waals surface area contributed by atoms with Gasteiger partial charge in [0.2, 0.25) is 11.6 Å². The van der Waals surface area contributed by atoms with Crippen LogP contribution in [-0.2, 0) is 16.0 Å². The van der Waals surface area contributed by atoms with Crippen LogP contribution < -0.4 is 10.7 Å². The van der Waals surface area contributed by atoms with Gasteiger partial charge in [0.1, 0.15) is 11.4 Å². The van der Waals surface area contributed by atoms with Crippen LogP contribution in [0.25, 0.3) is 11.5 Å². The fourth-order valence-electron chi connectivity index (χ4n) is 2.94. The van der Waals surface area contributed by atoms with Crippen molar-refractivity contribution in [3.63, 3.8) is 0 Å². The summed E-state index contributed by atoms with van der Waals surface area (Å²) in [6.07, 6.45) is -0.331. The van der Waals surface area contributed by atoms with E-state index in [2.05, 4.69) is 31.4 Å². The number of aromatic nitrogens is 4. The number of anilines is 1. The number of halogens is 2. The average molecular weight is 572 g/mol. The maximum absolute atomic E-state index is 13.6. The molecule has 0 N–H and O–H groups in total. The van der Waals surface area contributed by atoms with E-state index < -0.39 is 23.3 Å². The van der Waals surface area contributed by atoms with Crippen molar-refractivity contribution in [1.29, 1.82) is 0 Å². The third kappa shape index (κ3) is 6.94. The highest BCUT2D eigenvalue weighted by molar-refractivity contribution is 9.10. The molecule has 35 heavy (non-hydrogen) atoms. The summed E-state index contributed by atoms with van der Waals surface area (Å²) >= 11 is 8.03. The minimum absolute atomic E-state index is 0.0168. The molecule has 3 rings (SSSR count). The van der Waals surface area contributed by atoms with E-state index in [-0.39, 0.29) is 41.5 Å². The number of thiocarbonyl (C=S) groups is 1. The Kier molecular flexibility index (Phi) is 8.38. The Morgan fingerprint density at radius 1 is 1.29 bits per heavy atom. The number of ether oxygens (including phenoxy) is 2. The topological polar surface area (TPSA) is 126 Å². The van der Waals surface area contributed by atoms with E-state index in [4.69, 9.17) is 30.8 Å². The van der Waals surface area contributed by atoms with Gasteiger partial charge in [-0.3, -0.25) is 14.0 Å². The van der Waals surface area contributed by atoms with E-state index in [1.54, 1.807) is 27.7 Å². The lowest BCUT2D eigenvalue weighted by atomic mass is 10.2. The zero-order chi connectivity index (χ0) is 25.8. The third-order valence-corrected chi connectivity index (χ3v) is 5.12. The predicted octanol–water partition coefficient (Wildman–Crippen LogP) is 4.33. The number of hydrogen-bond donors (Lipinski definition) is 0. The Morgan fingerprint density at radius 3 is 2.69 bits per heavy atom. The monoisotopic (exact) mass is 571 g/mol. The maximum Gasteiger partial charge on any atom is 0.442 e. The van der Waals surface area contributed by atoms with Gasteiger partial charge in [0.25, 0.3) is 0 Å². The van der Waals surface area contributed by atoms with E-state index in [0.717, 1.165) is 4.57 Å². The van der Waals surface area contributed by atoms with Gasteiger partial charge in [-0.05, 0) is 83.3 Å². The first-order chi connectivity index (χ1) is 16.5. The van der Waals surface area contributed by atoms with Gasteiger partial charge in [0.15, 0.2) is 10.7 Å². The number of carbonyl (C=O) groups is 1. The molecule has 14 heteroatoms. The number of nitrogens with zero attached hydrogens (tertiary/aromatic N) is 5. The van der Waals surface area contributed by atoms with Gasteiger partial charge in [0, 0.05) is 13.5 Å². The summed E-state index contributed by atoms with van der Waals surface area (Å²) in [4.78, 5) is 26.6. The molecule has 0 aliphatic carbocycles. The lowest BCUT2D eigenvalue weighted by Gasteiger charge is -2.26. The van der Waals surface area contributed by atoms with Crippen LogP contribution in [0.2, 0.25) is 0 Å². The second-order valence-electron chi connectivity index (χ2n) is 8.37. The molecule has 11 nitrogen and oxygen atoms in total. The molecule has 0 aliphatic heterocycles. The average Bonchev–Trinajstić information content (AvgIpc) is 3.36. The molecule has 1 aromatic carbocycles. The van der Waals surface area contributed by atoms with E-state index >= 15 is 0 Å². The summed E-state index contributed by atoms with van der Waals surface area (Å²) in [5.74, 6) is -1.30. The molecule has 0 saturated carbocycles. The van der Waals surface area contributed by atoms with Gasteiger partial charge in [-0.2, -0.15) is 0 Å². The van der Waals surface area contributed by atoms with E-state index in [1.807, 2.05) is 0 Å². The normalized spacial score (nSPS) is 11.4. The Labute approximate surface area is 213 Å². The number of carbonyl (C=O) groups excluding carboxylic acids is 1. The molecule has 0 atom stereocenters. The fraction of sp³-hybridized carbons (Fsp3) is 0.429. The predicted molar refractivity (Wildman–Crippen MR) is 130 cm³/mol. The molecule has 0 unspecified atom stereocenters. The number of hydrogen-bond acceptors (Lipinski definition) is 10. The SMILES string of the molecule is CC(=S)OCCCN(C(=O)OC(C)(C)C)c1nonc1-c1noc(=O)n1Cc1ccc(F)c(Br)c1. The lowest BCUT2D eigenvalue weighted by molar-refractivity contribution is 0.0576. The van der Waals surface area contributed by atoms with Crippen LogP contribution in [-0.4, -0.2) is 49.9 Å². The van der Waals surface area contributed by atoms with E-state index in [0.29, 0.717) is 17.0 Å². The largest absolute Gasteiger partial charge is 0.487 e. The molecule has 3 aromatic rings. The summed E-state index contributed by atoms with van der Waals surface area (Å²) < 4.78 is 35.6. The summed E-state index contributed by atoms with van der Waals surface area (Å²) in [5, 5.41) is 11.9. The first kappa shape index (κ1) is 26.5. The molecule has 0 aliphatic rings. The zero-order valence-corrected chi connectivity index (χ0v) is 21.8. The van der Waals surface area contributed by atoms with Crippen molar-refractivity contribution < 1.29 is 27.8 Å². The molecule has 2 aromatic heterocycles. The summed E-state index contributed by atoms with van der Waals surface area (Å²) in [6.45, 7) is 7.16. The molecule has 0 fully saturated rings. The number of benzene rings is 1. The van der Waals surface area contributed by atoms with Crippen LogP contribution in [0.5, 0.6) is 0 Å². The molecular formula is C21H23BrFN5O6S. The highest BCUT2D eigenvalue weighted by Crippen LogP contribution is 2.28. The van der Waals surface area contributed by atoms with Crippen molar-refractivity contribution >= 4 is 45.1 Å². The highest BCUT2D eigenvalue weighted by atomic mass is 79.9. The van der Waals surface area contributed by atoms with Gasteiger partial charge in [0.05, 0.1) is 17.6 Å². The maximum atomic E-state index is 13.6. The quantitative estimate of drug-likeness (QED) is 0.284. The minimum atomic E-state index is -0.792. The summed E-state index contributed by atoms with van der Waals surface area (Å²) in [6, 6.07) is 4.29. The molecule has 0 radical (unpaired) electrons. The van der Waals surface area contributed by atoms with E-state index in [1.165, 1.54) is 23.1 Å². The summed E-state index contributed by atoms with van der Waals surface area (Å²) in [7, 11) is 0. The molecule has 2 heterocycles. The van der Waals surface area contributed by atoms with Crippen molar-refractivity contribution in [2.75, 3.05) is 18.1 Å². The standard InChI is InChI=1S/C21H23BrFN5O6S/c1-12(35)31-9-5-8-27(19(29)32-21(2,3)4)18-16(24-34-26-18)17-25-33-20(30)28(17)11-13-6-7-15(23)14(22)10-13/h6-7,10H,5,8-9,11H2,1-4H3. The Bertz CT molecular complexity index is 1270. The Hall–Kier alpha value is -3.13. The van der Waals surface area contributed by atoms with Gasteiger partial charge in [-0.15, -0.1) is 0 Å². The van der Waals surface area contributed by atoms with Crippen LogP contribution in [0.3, 0.4) is 0 Å². The molecule has 188 valence electrons. The van der Waals surface area contributed by atoms with Crippen LogP contribution in [0.1, 0.15) is 39.7 Å². The van der Waals surface area contributed by atoms with E-state index in [9.17, 15) is 14.0 Å². The smallest absolute Gasteiger partial charge is 0.442 e. The first-order valence-electron chi connectivity index (χ1n) is 10.4. The number of rotatable bonds is 8. The molecule has 0 spiro atoms. The van der Waals surface area contributed by atoms with Crippen LogP contribution in [0.4, 0.5) is 15.0 Å². The van der Waals surface area contributed by atoms with Gasteiger partial charge in [-0.25, -0.2) is 18.6 Å². The van der Waals surface area contributed by atoms with Crippen molar-refractivity contribution in [2.24, 2.45) is 0 Å². The molecule has 1 amide bonds. The van der Waals surface area contributed by atoms with Crippen molar-refractivity contribution in [3.8, 4) is 11.5 Å². The molecular weight excluding hydrogens is 549 g/mol. The van der Waals surface area contributed by atoms with Crippen LogP contribution >= 0.6 is 28.1 Å². The summed E-state index contributed by atoms with van der Waals surface area (Å²) in [5.41, 5.74) is -0.227. The zero-order valence-electron chi connectivity index (χ0n) is 19.4. The fourth-order valence-corrected chi connectivity index (χ4v) is 3.45. The highest BCUT2D eigenvalue weighted by Gasteiger charge is 2.31. The Balaban J connectivity index is 1.95. The minimum Gasteiger partial charge on any atom is -0.487 e. The van der Waals surface area contributed by atoms with Crippen LogP contribution in [0.15, 0.2) is 36.6 Å². The van der Waals surface area contributed by atoms with Crippen molar-refractivity contribution in [1.82, 2.24) is 20.0 Å². The third-order valence-electron chi connectivity index (χ3n) is 4.39. The molecule has 0 saturated heterocycles. The van der Waals surface area contributed by atoms with Gasteiger partial charge >= 0.3 is 11.8 Å². The number of amides is 1. The second kappa shape index (κ2) is 11.1.